The van der Waals surface area contributed by atoms with E-state index < -0.39 is 15.9 Å². The molecular weight excluding hydrogens is 326 g/mol. The number of benzene rings is 1. The summed E-state index contributed by atoms with van der Waals surface area (Å²) in [6, 6.07) is 8.80. The van der Waals surface area contributed by atoms with Crippen molar-refractivity contribution in [2.75, 3.05) is 11.9 Å². The van der Waals surface area contributed by atoms with Gasteiger partial charge in [0.15, 0.2) is 0 Å². The Balaban J connectivity index is 1.88. The fourth-order valence-corrected chi connectivity index (χ4v) is 2.74. The topological polar surface area (TPSA) is 118 Å². The van der Waals surface area contributed by atoms with Crippen LogP contribution in [-0.4, -0.2) is 26.8 Å². The number of nitrogens with two attached hydrogens (primary N) is 1. The molecule has 0 saturated heterocycles. The van der Waals surface area contributed by atoms with Crippen molar-refractivity contribution in [3.05, 3.63) is 46.7 Å². The van der Waals surface area contributed by atoms with Crippen LogP contribution >= 0.6 is 11.3 Å². The predicted molar refractivity (Wildman–Crippen MR) is 83.1 cm³/mol. The number of thiophene rings is 1. The lowest BCUT2D eigenvalue weighted by atomic mass is 10.3. The van der Waals surface area contributed by atoms with Crippen LogP contribution in [0.1, 0.15) is 9.67 Å². The lowest BCUT2D eigenvalue weighted by molar-refractivity contribution is -0.115. The summed E-state index contributed by atoms with van der Waals surface area (Å²) in [6.45, 7) is -0.187. The summed E-state index contributed by atoms with van der Waals surface area (Å²) >= 11 is 1.28. The second-order valence-electron chi connectivity index (χ2n) is 4.28. The fourth-order valence-electron chi connectivity index (χ4n) is 1.59. The van der Waals surface area contributed by atoms with E-state index in [2.05, 4.69) is 10.6 Å². The highest BCUT2D eigenvalue weighted by atomic mass is 32.2. The molecule has 4 N–H and O–H groups in total. The smallest absolute Gasteiger partial charge is 0.261 e. The molecule has 1 aromatic carbocycles. The predicted octanol–water partition coefficient (Wildman–Crippen LogP) is 0.764. The molecule has 0 unspecified atom stereocenters. The van der Waals surface area contributed by atoms with E-state index in [0.29, 0.717) is 10.6 Å². The first-order chi connectivity index (χ1) is 10.4. The van der Waals surface area contributed by atoms with Crippen LogP contribution in [0.25, 0.3) is 0 Å². The Hall–Kier alpha value is -2.23. The number of amides is 2. The minimum absolute atomic E-state index is 0.0449. The summed E-state index contributed by atoms with van der Waals surface area (Å²) in [7, 11) is -3.76. The van der Waals surface area contributed by atoms with E-state index in [-0.39, 0.29) is 17.3 Å². The van der Waals surface area contributed by atoms with Crippen molar-refractivity contribution in [2.24, 2.45) is 5.14 Å². The summed E-state index contributed by atoms with van der Waals surface area (Å²) < 4.78 is 22.2. The molecule has 0 aliphatic carbocycles. The van der Waals surface area contributed by atoms with Gasteiger partial charge in [0.05, 0.1) is 16.3 Å². The SMILES string of the molecule is NS(=O)(=O)c1ccc(NC(=O)CNC(=O)c2cccs2)cc1. The molecule has 9 heteroatoms. The van der Waals surface area contributed by atoms with E-state index >= 15 is 0 Å². The molecule has 0 aliphatic heterocycles. The molecule has 7 nitrogen and oxygen atoms in total. The number of primary sulfonamides is 1. The van der Waals surface area contributed by atoms with Gasteiger partial charge >= 0.3 is 0 Å². The molecule has 0 bridgehead atoms. The van der Waals surface area contributed by atoms with Gasteiger partial charge in [0.1, 0.15) is 0 Å². The number of carbonyl (C=O) groups is 2. The zero-order valence-corrected chi connectivity index (χ0v) is 12.9. The summed E-state index contributed by atoms with van der Waals surface area (Å²) in [6.07, 6.45) is 0. The van der Waals surface area contributed by atoms with Crippen LogP contribution in [0.15, 0.2) is 46.7 Å². The standard InChI is InChI=1S/C13H13N3O4S2/c14-22(19,20)10-5-3-9(4-6-10)16-12(17)8-15-13(18)11-2-1-7-21-11/h1-7H,8H2,(H,15,18)(H,16,17)(H2,14,19,20). The second-order valence-corrected chi connectivity index (χ2v) is 6.79. The normalized spacial score (nSPS) is 11.0. The monoisotopic (exact) mass is 339 g/mol. The maximum Gasteiger partial charge on any atom is 0.261 e. The third-order valence-corrected chi connectivity index (χ3v) is 4.42. The largest absolute Gasteiger partial charge is 0.342 e. The lowest BCUT2D eigenvalue weighted by Crippen LogP contribution is -2.32. The third-order valence-electron chi connectivity index (χ3n) is 2.62. The number of sulfonamides is 1. The highest BCUT2D eigenvalue weighted by Gasteiger charge is 2.10. The van der Waals surface area contributed by atoms with Gasteiger partial charge in [0.2, 0.25) is 15.9 Å². The number of hydrogen-bond acceptors (Lipinski definition) is 5. The minimum atomic E-state index is -3.76. The zero-order valence-electron chi connectivity index (χ0n) is 11.3. The molecule has 2 amide bonds. The van der Waals surface area contributed by atoms with Crippen LogP contribution in [0.3, 0.4) is 0 Å². The number of nitrogens with one attached hydrogen (secondary N) is 2. The van der Waals surface area contributed by atoms with Crippen molar-refractivity contribution < 1.29 is 18.0 Å². The summed E-state index contributed by atoms with van der Waals surface area (Å²) in [4.78, 5) is 23.8. The van der Waals surface area contributed by atoms with Gasteiger partial charge in [0, 0.05) is 5.69 Å². The highest BCUT2D eigenvalue weighted by Crippen LogP contribution is 2.12. The molecule has 0 spiro atoms. The lowest BCUT2D eigenvalue weighted by Gasteiger charge is -2.07. The quantitative estimate of drug-likeness (QED) is 0.745. The molecule has 0 fully saturated rings. The first-order valence-electron chi connectivity index (χ1n) is 6.11. The first-order valence-corrected chi connectivity index (χ1v) is 8.53. The molecule has 0 radical (unpaired) electrons. The zero-order chi connectivity index (χ0) is 16.2. The maximum atomic E-state index is 11.7. The molecule has 2 rings (SSSR count). The van der Waals surface area contributed by atoms with Gasteiger partial charge in [-0.1, -0.05) is 6.07 Å². The van der Waals surface area contributed by atoms with E-state index in [1.165, 1.54) is 35.6 Å². The third kappa shape index (κ3) is 4.38. The van der Waals surface area contributed by atoms with Gasteiger partial charge in [-0.3, -0.25) is 9.59 Å². The van der Waals surface area contributed by atoms with Crippen molar-refractivity contribution in [1.82, 2.24) is 5.32 Å². The van der Waals surface area contributed by atoms with Crippen LogP contribution in [0.4, 0.5) is 5.69 Å². The molecule has 0 aliphatic rings. The van der Waals surface area contributed by atoms with Crippen molar-refractivity contribution in [3.63, 3.8) is 0 Å². The molecule has 0 atom stereocenters. The van der Waals surface area contributed by atoms with Gasteiger partial charge in [-0.15, -0.1) is 11.3 Å². The van der Waals surface area contributed by atoms with Gasteiger partial charge in [-0.05, 0) is 35.7 Å². The maximum absolute atomic E-state index is 11.7. The van der Waals surface area contributed by atoms with E-state index in [1.54, 1.807) is 17.5 Å². The van der Waals surface area contributed by atoms with Crippen LogP contribution in [0.2, 0.25) is 0 Å². The summed E-state index contributed by atoms with van der Waals surface area (Å²) in [5.41, 5.74) is 0.405. The number of anilines is 1. The van der Waals surface area contributed by atoms with Gasteiger partial charge in [-0.2, -0.15) is 0 Å². The number of rotatable bonds is 5. The Morgan fingerprint density at radius 2 is 1.82 bits per heavy atom. The Kier molecular flexibility index (Phi) is 4.91. The Morgan fingerprint density at radius 3 is 2.36 bits per heavy atom. The first kappa shape index (κ1) is 16.1. The van der Waals surface area contributed by atoms with Crippen molar-refractivity contribution in [2.45, 2.75) is 4.90 Å². The van der Waals surface area contributed by atoms with Crippen molar-refractivity contribution in [3.8, 4) is 0 Å². The summed E-state index contributed by atoms with van der Waals surface area (Å²) in [5, 5.41) is 11.8. The molecule has 2 aromatic rings. The average molecular weight is 339 g/mol. The second kappa shape index (κ2) is 6.69. The average Bonchev–Trinajstić information content (AvgIpc) is 2.98. The fraction of sp³-hybridized carbons (Fsp3) is 0.0769. The number of hydrogen-bond donors (Lipinski definition) is 3. The molecular formula is C13H13N3O4S2. The van der Waals surface area contributed by atoms with Gasteiger partial charge in [0.25, 0.3) is 5.91 Å². The Labute approximate surface area is 131 Å². The summed E-state index contributed by atoms with van der Waals surface area (Å²) in [5.74, 6) is -0.747. The van der Waals surface area contributed by atoms with Crippen LogP contribution < -0.4 is 15.8 Å². The van der Waals surface area contributed by atoms with Crippen LogP contribution in [0.5, 0.6) is 0 Å². The minimum Gasteiger partial charge on any atom is -0.342 e. The highest BCUT2D eigenvalue weighted by molar-refractivity contribution is 7.89. The van der Waals surface area contributed by atoms with E-state index in [1.807, 2.05) is 0 Å². The number of carbonyl (C=O) groups excluding carboxylic acids is 2. The molecule has 1 aromatic heterocycles. The van der Waals surface area contributed by atoms with E-state index in [0.717, 1.165) is 0 Å². The van der Waals surface area contributed by atoms with Crippen LogP contribution in [0, 0.1) is 0 Å². The van der Waals surface area contributed by atoms with Gasteiger partial charge in [-0.25, -0.2) is 13.6 Å². The van der Waals surface area contributed by atoms with Gasteiger partial charge < -0.3 is 10.6 Å². The van der Waals surface area contributed by atoms with Crippen molar-refractivity contribution >= 4 is 38.9 Å². The van der Waals surface area contributed by atoms with E-state index in [9.17, 15) is 18.0 Å². The molecule has 0 saturated carbocycles. The van der Waals surface area contributed by atoms with E-state index in [4.69, 9.17) is 5.14 Å². The van der Waals surface area contributed by atoms with Crippen molar-refractivity contribution in [1.29, 1.82) is 0 Å². The molecule has 22 heavy (non-hydrogen) atoms. The molecule has 1 heterocycles. The Bertz CT molecular complexity index is 768. The van der Waals surface area contributed by atoms with Crippen LogP contribution in [-0.2, 0) is 14.8 Å². The Morgan fingerprint density at radius 1 is 1.14 bits per heavy atom. The molecule has 116 valence electrons.